The highest BCUT2D eigenvalue weighted by molar-refractivity contribution is 7.99. The van der Waals surface area contributed by atoms with Gasteiger partial charge in [0.2, 0.25) is 5.56 Å². The first kappa shape index (κ1) is 18.3. The number of hydrogen-bond acceptors (Lipinski definition) is 4. The van der Waals surface area contributed by atoms with Gasteiger partial charge in [-0.15, -0.1) is 0 Å². The van der Waals surface area contributed by atoms with Gasteiger partial charge in [0.15, 0.2) is 0 Å². The van der Waals surface area contributed by atoms with Crippen molar-refractivity contribution in [2.75, 3.05) is 37.7 Å². The van der Waals surface area contributed by atoms with E-state index in [9.17, 15) is 9.59 Å². The molecule has 4 rings (SSSR count). The molecule has 1 amide bonds. The van der Waals surface area contributed by atoms with E-state index in [4.69, 9.17) is 0 Å². The van der Waals surface area contributed by atoms with E-state index in [0.717, 1.165) is 37.4 Å². The molecule has 1 aromatic heterocycles. The molecule has 0 spiro atoms. The molecule has 142 valence electrons. The zero-order chi connectivity index (χ0) is 18.6. The Morgan fingerprint density at radius 1 is 1.00 bits per heavy atom. The summed E-state index contributed by atoms with van der Waals surface area (Å²) in [5.41, 5.74) is 2.13. The minimum atomic E-state index is -0.138. The number of benzene rings is 1. The number of hydrogen-bond donors (Lipinski definition) is 1. The first-order valence-electron chi connectivity index (χ1n) is 9.61. The summed E-state index contributed by atoms with van der Waals surface area (Å²) >= 11 is 2.05. The van der Waals surface area contributed by atoms with Crippen LogP contribution in [0.4, 0.5) is 0 Å². The highest BCUT2D eigenvalue weighted by atomic mass is 32.2. The summed E-state index contributed by atoms with van der Waals surface area (Å²) in [5.74, 6) is 2.60. The molecular formula is C21H25N3O2S. The Hall–Kier alpha value is -2.05. The van der Waals surface area contributed by atoms with Crippen LogP contribution in [0.15, 0.2) is 47.3 Å². The van der Waals surface area contributed by atoms with E-state index in [-0.39, 0.29) is 11.5 Å². The summed E-state index contributed by atoms with van der Waals surface area (Å²) in [6.07, 6.45) is 2.55. The molecule has 0 bridgehead atoms. The lowest BCUT2D eigenvalue weighted by Crippen LogP contribution is -2.52. The summed E-state index contributed by atoms with van der Waals surface area (Å²) in [6, 6.07) is 13.3. The summed E-state index contributed by atoms with van der Waals surface area (Å²) in [7, 11) is 0. The molecular weight excluding hydrogens is 358 g/mol. The summed E-state index contributed by atoms with van der Waals surface area (Å²) < 4.78 is 0. The van der Waals surface area contributed by atoms with Crippen LogP contribution in [-0.2, 0) is 0 Å². The maximum absolute atomic E-state index is 13.0. The molecule has 5 nitrogen and oxygen atoms in total. The second-order valence-electron chi connectivity index (χ2n) is 7.18. The van der Waals surface area contributed by atoms with Crippen LogP contribution in [0.25, 0.3) is 11.3 Å². The van der Waals surface area contributed by atoms with Gasteiger partial charge in [0.25, 0.3) is 5.91 Å². The van der Waals surface area contributed by atoms with E-state index in [1.54, 1.807) is 6.07 Å². The number of aromatic amines is 1. The maximum atomic E-state index is 13.0. The molecule has 6 heteroatoms. The molecule has 1 aromatic carbocycles. The van der Waals surface area contributed by atoms with Crippen molar-refractivity contribution in [1.82, 2.24) is 14.8 Å². The molecule has 2 aromatic rings. The lowest BCUT2D eigenvalue weighted by Gasteiger charge is -2.40. The monoisotopic (exact) mass is 383 g/mol. The second kappa shape index (κ2) is 8.31. The number of carbonyl (C=O) groups is 1. The Bertz CT molecular complexity index is 852. The Morgan fingerprint density at radius 2 is 1.74 bits per heavy atom. The molecule has 2 saturated heterocycles. The largest absolute Gasteiger partial charge is 0.336 e. The van der Waals surface area contributed by atoms with Crippen molar-refractivity contribution in [3.8, 4) is 11.3 Å². The Labute approximate surface area is 163 Å². The van der Waals surface area contributed by atoms with Gasteiger partial charge in [-0.25, -0.2) is 0 Å². The average molecular weight is 384 g/mol. The molecule has 1 N–H and O–H groups in total. The number of pyridine rings is 1. The Balaban J connectivity index is 1.43. The molecule has 0 unspecified atom stereocenters. The van der Waals surface area contributed by atoms with Crippen LogP contribution >= 0.6 is 11.8 Å². The number of H-pyrrole nitrogens is 1. The van der Waals surface area contributed by atoms with Gasteiger partial charge >= 0.3 is 0 Å². The van der Waals surface area contributed by atoms with Crippen LogP contribution in [0.2, 0.25) is 0 Å². The predicted molar refractivity (Wildman–Crippen MR) is 110 cm³/mol. The van der Waals surface area contributed by atoms with E-state index < -0.39 is 0 Å². The van der Waals surface area contributed by atoms with Crippen molar-refractivity contribution in [3.05, 3.63) is 58.4 Å². The van der Waals surface area contributed by atoms with Crippen molar-refractivity contribution in [2.24, 2.45) is 0 Å². The number of aromatic nitrogens is 1. The Kier molecular flexibility index (Phi) is 5.64. The van der Waals surface area contributed by atoms with Crippen LogP contribution in [0.1, 0.15) is 23.2 Å². The van der Waals surface area contributed by atoms with Gasteiger partial charge in [-0.2, -0.15) is 11.8 Å². The topological polar surface area (TPSA) is 56.4 Å². The summed E-state index contributed by atoms with van der Waals surface area (Å²) in [4.78, 5) is 31.9. The molecule has 2 aliphatic rings. The standard InChI is InChI=1S/C21H25N3O2S/c25-20-6-2-5-19(22-20)16-3-1-4-17(15-16)21(26)24-11-9-23(10-12-24)18-7-13-27-14-8-18/h1-6,15,18H,7-14H2,(H,22,25). The smallest absolute Gasteiger partial charge is 0.253 e. The average Bonchev–Trinajstić information content (AvgIpc) is 2.74. The summed E-state index contributed by atoms with van der Waals surface area (Å²) in [6.45, 7) is 3.50. The first-order chi connectivity index (χ1) is 13.2. The number of carbonyl (C=O) groups excluding carboxylic acids is 1. The zero-order valence-electron chi connectivity index (χ0n) is 15.4. The quantitative estimate of drug-likeness (QED) is 0.885. The van der Waals surface area contributed by atoms with Gasteiger partial charge in [-0.3, -0.25) is 14.5 Å². The van der Waals surface area contributed by atoms with Crippen LogP contribution in [0.5, 0.6) is 0 Å². The number of nitrogens with one attached hydrogen (secondary N) is 1. The van der Waals surface area contributed by atoms with Crippen molar-refractivity contribution in [3.63, 3.8) is 0 Å². The third kappa shape index (κ3) is 4.28. The molecule has 2 fully saturated rings. The van der Waals surface area contributed by atoms with Crippen LogP contribution in [0.3, 0.4) is 0 Å². The number of piperazine rings is 1. The minimum Gasteiger partial charge on any atom is -0.336 e. The van der Waals surface area contributed by atoms with Gasteiger partial charge in [0, 0.05) is 49.5 Å². The SMILES string of the molecule is O=C(c1cccc(-c2cccc(=O)[nH]2)c1)N1CCN(C2CCSCC2)CC1. The van der Waals surface area contributed by atoms with Gasteiger partial charge in [-0.05, 0) is 48.1 Å². The molecule has 27 heavy (non-hydrogen) atoms. The molecule has 0 atom stereocenters. The van der Waals surface area contributed by atoms with E-state index in [0.29, 0.717) is 11.6 Å². The number of thioether (sulfide) groups is 1. The molecule has 3 heterocycles. The molecule has 2 aliphatic heterocycles. The molecule has 0 radical (unpaired) electrons. The highest BCUT2D eigenvalue weighted by Gasteiger charge is 2.27. The van der Waals surface area contributed by atoms with E-state index in [2.05, 4.69) is 21.6 Å². The van der Waals surface area contributed by atoms with Crippen LogP contribution in [-0.4, -0.2) is 64.4 Å². The van der Waals surface area contributed by atoms with E-state index in [1.165, 1.54) is 30.4 Å². The zero-order valence-corrected chi connectivity index (χ0v) is 16.2. The molecule has 0 aliphatic carbocycles. The van der Waals surface area contributed by atoms with Crippen molar-refractivity contribution < 1.29 is 4.79 Å². The minimum absolute atomic E-state index is 0.0778. The third-order valence-corrected chi connectivity index (χ3v) is 6.55. The normalized spacial score (nSPS) is 19.2. The van der Waals surface area contributed by atoms with Crippen LogP contribution < -0.4 is 5.56 Å². The van der Waals surface area contributed by atoms with E-state index >= 15 is 0 Å². The van der Waals surface area contributed by atoms with Gasteiger partial charge in [0.05, 0.1) is 0 Å². The van der Waals surface area contributed by atoms with Crippen molar-refractivity contribution in [1.29, 1.82) is 0 Å². The Morgan fingerprint density at radius 3 is 2.48 bits per heavy atom. The number of amides is 1. The van der Waals surface area contributed by atoms with Crippen molar-refractivity contribution in [2.45, 2.75) is 18.9 Å². The lowest BCUT2D eigenvalue weighted by atomic mass is 10.1. The fraction of sp³-hybridized carbons (Fsp3) is 0.429. The summed E-state index contributed by atoms with van der Waals surface area (Å²) in [5, 5.41) is 0. The van der Waals surface area contributed by atoms with Gasteiger partial charge in [-0.1, -0.05) is 18.2 Å². The predicted octanol–water partition coefficient (Wildman–Crippen LogP) is 2.70. The molecule has 0 saturated carbocycles. The maximum Gasteiger partial charge on any atom is 0.253 e. The fourth-order valence-electron chi connectivity index (χ4n) is 3.96. The van der Waals surface area contributed by atoms with Gasteiger partial charge in [0.1, 0.15) is 0 Å². The van der Waals surface area contributed by atoms with E-state index in [1.807, 2.05) is 35.2 Å². The fourth-order valence-corrected chi connectivity index (χ4v) is 5.04. The number of nitrogens with zero attached hydrogens (tertiary/aromatic N) is 2. The third-order valence-electron chi connectivity index (χ3n) is 5.50. The lowest BCUT2D eigenvalue weighted by molar-refractivity contribution is 0.0559. The van der Waals surface area contributed by atoms with Crippen LogP contribution in [0, 0.1) is 0 Å². The first-order valence-corrected chi connectivity index (χ1v) is 10.8. The van der Waals surface area contributed by atoms with Gasteiger partial charge < -0.3 is 9.88 Å². The highest BCUT2D eigenvalue weighted by Crippen LogP contribution is 2.23. The number of rotatable bonds is 3. The second-order valence-corrected chi connectivity index (χ2v) is 8.41. The van der Waals surface area contributed by atoms with Crippen molar-refractivity contribution >= 4 is 17.7 Å².